The third kappa shape index (κ3) is 3.14. The van der Waals surface area contributed by atoms with Crippen molar-refractivity contribution in [3.8, 4) is 5.75 Å². The summed E-state index contributed by atoms with van der Waals surface area (Å²) in [7, 11) is 1.30. The van der Waals surface area contributed by atoms with Crippen LogP contribution in [0.3, 0.4) is 0 Å². The molecule has 30 heavy (non-hydrogen) atoms. The summed E-state index contributed by atoms with van der Waals surface area (Å²) in [5.41, 5.74) is 4.23. The van der Waals surface area contributed by atoms with Crippen LogP contribution in [0.4, 0.5) is 0 Å². The topological polar surface area (TPSA) is 102 Å². The van der Waals surface area contributed by atoms with Gasteiger partial charge in [0, 0.05) is 28.3 Å². The molecular weight excluding hydrogens is 386 g/mol. The molecule has 2 aromatic carbocycles. The number of hydrogen-bond acceptors (Lipinski definition) is 6. The Kier molecular flexibility index (Phi) is 4.87. The number of esters is 1. The number of fused-ring (bicyclic) bond motifs is 2. The van der Waals surface area contributed by atoms with E-state index in [-0.39, 0.29) is 5.78 Å². The normalized spacial score (nSPS) is 17.3. The van der Waals surface area contributed by atoms with Gasteiger partial charge in [-0.2, -0.15) is 0 Å². The molecule has 1 unspecified atom stereocenters. The van der Waals surface area contributed by atoms with Crippen LogP contribution in [-0.4, -0.2) is 36.5 Å². The molecule has 0 fully saturated rings. The second-order valence-electron chi connectivity index (χ2n) is 7.00. The number of aliphatic carboxylic acids is 1. The Labute approximate surface area is 172 Å². The Bertz CT molecular complexity index is 1130. The second kappa shape index (κ2) is 7.51. The zero-order chi connectivity index (χ0) is 21.4. The highest BCUT2D eigenvalue weighted by atomic mass is 16.5. The fraction of sp³-hybridized carbons (Fsp3) is 0.174. The number of allylic oxidation sites excluding steroid dienone is 2. The number of Topliss-reactive ketones (excluding diaryl/α,β-unsaturated/α-hetero) is 1. The number of carboxylic acid groups (broad SMARTS) is 1. The van der Waals surface area contributed by atoms with Crippen LogP contribution in [0.5, 0.6) is 5.75 Å². The van der Waals surface area contributed by atoms with Gasteiger partial charge in [0.2, 0.25) is 0 Å². The largest absolute Gasteiger partial charge is 0.482 e. The highest BCUT2D eigenvalue weighted by molar-refractivity contribution is 6.23. The fourth-order valence-corrected chi connectivity index (χ4v) is 3.94. The lowest BCUT2D eigenvalue weighted by molar-refractivity contribution is -0.139. The minimum Gasteiger partial charge on any atom is -0.482 e. The molecule has 0 radical (unpaired) electrons. The number of ketones is 1. The van der Waals surface area contributed by atoms with Gasteiger partial charge < -0.3 is 19.9 Å². The first-order valence-electron chi connectivity index (χ1n) is 9.31. The van der Waals surface area contributed by atoms with Gasteiger partial charge in [-0.3, -0.25) is 4.79 Å². The first-order valence-corrected chi connectivity index (χ1v) is 9.31. The van der Waals surface area contributed by atoms with Crippen LogP contribution in [-0.2, 0) is 14.3 Å². The van der Waals surface area contributed by atoms with Crippen LogP contribution >= 0.6 is 0 Å². The van der Waals surface area contributed by atoms with E-state index < -0.39 is 24.5 Å². The number of hydrogen-bond donors (Lipinski definition) is 2. The van der Waals surface area contributed by atoms with Gasteiger partial charge in [-0.05, 0) is 24.6 Å². The van der Waals surface area contributed by atoms with E-state index in [9.17, 15) is 14.4 Å². The molecule has 152 valence electrons. The van der Waals surface area contributed by atoms with E-state index in [4.69, 9.17) is 14.6 Å². The van der Waals surface area contributed by atoms with Gasteiger partial charge in [-0.15, -0.1) is 0 Å². The van der Waals surface area contributed by atoms with Crippen molar-refractivity contribution in [2.75, 3.05) is 13.7 Å². The van der Waals surface area contributed by atoms with E-state index in [1.54, 1.807) is 43.3 Å². The van der Waals surface area contributed by atoms with Crippen LogP contribution in [0.15, 0.2) is 65.4 Å². The van der Waals surface area contributed by atoms with Crippen molar-refractivity contribution in [3.05, 3.63) is 82.1 Å². The maximum absolute atomic E-state index is 13.3. The number of ether oxygens (including phenoxy) is 2. The maximum Gasteiger partial charge on any atom is 0.341 e. The Hall–Kier alpha value is -3.87. The molecule has 0 saturated carbocycles. The third-order valence-corrected chi connectivity index (χ3v) is 5.23. The lowest BCUT2D eigenvalue weighted by Gasteiger charge is -2.29. The first kappa shape index (κ1) is 19.4. The quantitative estimate of drug-likeness (QED) is 0.738. The number of nitrogens with one attached hydrogen (secondary N) is 1. The number of benzene rings is 2. The number of carbonyl (C=O) groups excluding carboxylic acids is 2. The third-order valence-electron chi connectivity index (χ3n) is 5.23. The van der Waals surface area contributed by atoms with Gasteiger partial charge in [0.05, 0.1) is 18.4 Å². The molecule has 0 saturated heterocycles. The minimum atomic E-state index is -1.08. The highest BCUT2D eigenvalue weighted by Crippen LogP contribution is 2.46. The van der Waals surface area contributed by atoms with E-state index in [1.807, 2.05) is 12.1 Å². The molecule has 7 heteroatoms. The van der Waals surface area contributed by atoms with Gasteiger partial charge >= 0.3 is 11.9 Å². The van der Waals surface area contributed by atoms with Crippen molar-refractivity contribution in [2.45, 2.75) is 12.8 Å². The van der Waals surface area contributed by atoms with Crippen molar-refractivity contribution in [3.63, 3.8) is 0 Å². The maximum atomic E-state index is 13.3. The van der Waals surface area contributed by atoms with E-state index in [2.05, 4.69) is 5.32 Å². The van der Waals surface area contributed by atoms with Crippen molar-refractivity contribution < 1.29 is 29.0 Å². The number of rotatable bonds is 5. The smallest absolute Gasteiger partial charge is 0.341 e. The van der Waals surface area contributed by atoms with Crippen LogP contribution in [0, 0.1) is 0 Å². The van der Waals surface area contributed by atoms with Gasteiger partial charge in [0.1, 0.15) is 5.75 Å². The fourth-order valence-electron chi connectivity index (χ4n) is 3.94. The number of carboxylic acids is 1. The summed E-state index contributed by atoms with van der Waals surface area (Å²) in [6, 6.07) is 14.0. The Morgan fingerprint density at radius 2 is 1.73 bits per heavy atom. The van der Waals surface area contributed by atoms with Crippen LogP contribution in [0.25, 0.3) is 5.70 Å². The van der Waals surface area contributed by atoms with E-state index in [0.29, 0.717) is 39.4 Å². The number of carbonyl (C=O) groups is 3. The molecule has 2 N–H and O–H groups in total. The lowest BCUT2D eigenvalue weighted by atomic mass is 9.80. The van der Waals surface area contributed by atoms with Crippen LogP contribution in [0.1, 0.15) is 34.3 Å². The molecule has 0 aromatic heterocycles. The predicted molar refractivity (Wildman–Crippen MR) is 108 cm³/mol. The van der Waals surface area contributed by atoms with Crippen molar-refractivity contribution in [2.24, 2.45) is 0 Å². The molecular formula is C23H19NO6. The standard InChI is InChI=1S/C23H19NO6/c1-12-18(23(28)29-2)19(13-7-9-14(10-8-13)30-11-17(25)26)20-21(24-12)15-5-3-4-6-16(15)22(20)27/h3-10,19,24H,11H2,1-2H3,(H,25,26). The minimum absolute atomic E-state index is 0.141. The Morgan fingerprint density at radius 3 is 2.37 bits per heavy atom. The molecule has 4 rings (SSSR count). The van der Waals surface area contributed by atoms with E-state index in [0.717, 1.165) is 5.56 Å². The van der Waals surface area contributed by atoms with Crippen LogP contribution in [0.2, 0.25) is 0 Å². The van der Waals surface area contributed by atoms with Crippen molar-refractivity contribution in [1.82, 2.24) is 5.32 Å². The molecule has 2 aliphatic rings. The molecule has 1 atom stereocenters. The molecule has 1 heterocycles. The Balaban J connectivity index is 1.81. The van der Waals surface area contributed by atoms with Crippen molar-refractivity contribution >= 4 is 23.4 Å². The Morgan fingerprint density at radius 1 is 1.07 bits per heavy atom. The van der Waals surface area contributed by atoms with E-state index >= 15 is 0 Å². The molecule has 0 spiro atoms. The summed E-state index contributed by atoms with van der Waals surface area (Å²) in [4.78, 5) is 36.6. The number of dihydropyridines is 1. The molecule has 0 amide bonds. The summed E-state index contributed by atoms with van der Waals surface area (Å²) >= 11 is 0. The average molecular weight is 405 g/mol. The molecule has 1 aliphatic heterocycles. The van der Waals surface area contributed by atoms with Gasteiger partial charge in [0.25, 0.3) is 0 Å². The average Bonchev–Trinajstić information content (AvgIpc) is 3.03. The highest BCUT2D eigenvalue weighted by Gasteiger charge is 2.42. The zero-order valence-electron chi connectivity index (χ0n) is 16.4. The summed E-state index contributed by atoms with van der Waals surface area (Å²) in [6.45, 7) is 1.32. The number of methoxy groups -OCH3 is 1. The summed E-state index contributed by atoms with van der Waals surface area (Å²) in [5.74, 6) is -1.98. The van der Waals surface area contributed by atoms with Gasteiger partial charge in [-0.1, -0.05) is 36.4 Å². The summed E-state index contributed by atoms with van der Waals surface area (Å²) < 4.78 is 10.2. The lowest BCUT2D eigenvalue weighted by Crippen LogP contribution is -2.29. The molecule has 7 nitrogen and oxygen atoms in total. The summed E-state index contributed by atoms with van der Waals surface area (Å²) in [6.07, 6.45) is 0. The predicted octanol–water partition coefficient (Wildman–Crippen LogP) is 2.89. The molecule has 0 bridgehead atoms. The SMILES string of the molecule is COC(=O)C1=C(C)NC2=C(C(=O)c3ccccc32)C1c1ccc(OCC(=O)O)cc1. The zero-order valence-corrected chi connectivity index (χ0v) is 16.4. The summed E-state index contributed by atoms with van der Waals surface area (Å²) in [5, 5.41) is 12.0. The van der Waals surface area contributed by atoms with E-state index in [1.165, 1.54) is 7.11 Å². The first-order chi connectivity index (χ1) is 14.4. The molecule has 2 aromatic rings. The van der Waals surface area contributed by atoms with Gasteiger partial charge in [-0.25, -0.2) is 9.59 Å². The monoisotopic (exact) mass is 405 g/mol. The van der Waals surface area contributed by atoms with Crippen molar-refractivity contribution in [1.29, 1.82) is 0 Å². The van der Waals surface area contributed by atoms with Crippen LogP contribution < -0.4 is 10.1 Å². The molecule has 1 aliphatic carbocycles. The second-order valence-corrected chi connectivity index (χ2v) is 7.00. The van der Waals surface area contributed by atoms with Gasteiger partial charge in [0.15, 0.2) is 12.4 Å².